The summed E-state index contributed by atoms with van der Waals surface area (Å²) in [4.78, 5) is 27.8. The lowest BCUT2D eigenvalue weighted by atomic mass is 9.98. The maximum Gasteiger partial charge on any atom is 0.284 e. The van der Waals surface area contributed by atoms with Crippen molar-refractivity contribution in [3.63, 3.8) is 0 Å². The molecule has 166 valence electrons. The van der Waals surface area contributed by atoms with Crippen molar-refractivity contribution in [1.82, 2.24) is 4.90 Å². The van der Waals surface area contributed by atoms with E-state index in [-0.39, 0.29) is 11.7 Å². The number of nitrogens with zero attached hydrogens (tertiary/aromatic N) is 2. The predicted octanol–water partition coefficient (Wildman–Crippen LogP) is 3.17. The minimum absolute atomic E-state index is 0.115. The van der Waals surface area contributed by atoms with Crippen LogP contribution in [0.25, 0.3) is 11.0 Å². The highest BCUT2D eigenvalue weighted by atomic mass is 16.3. The van der Waals surface area contributed by atoms with Gasteiger partial charge in [-0.3, -0.25) is 14.5 Å². The maximum atomic E-state index is 11.5. The summed E-state index contributed by atoms with van der Waals surface area (Å²) >= 11 is 0. The first kappa shape index (κ1) is 20.6. The molecule has 1 aromatic heterocycles. The molecule has 0 saturated carbocycles. The molecule has 5 rings (SSSR count). The van der Waals surface area contributed by atoms with Crippen LogP contribution in [0.1, 0.15) is 34.5 Å². The van der Waals surface area contributed by atoms with Gasteiger partial charge in [0.1, 0.15) is 5.58 Å². The molecule has 0 bridgehead atoms. The van der Waals surface area contributed by atoms with E-state index in [4.69, 9.17) is 10.2 Å². The number of rotatable bonds is 6. The Balaban J connectivity index is 1.12. The fourth-order valence-corrected chi connectivity index (χ4v) is 4.68. The summed E-state index contributed by atoms with van der Waals surface area (Å²) in [5.41, 5.74) is 10.7. The van der Waals surface area contributed by atoms with Crippen molar-refractivity contribution in [2.24, 2.45) is 5.73 Å². The van der Waals surface area contributed by atoms with E-state index in [9.17, 15) is 9.59 Å². The Kier molecular flexibility index (Phi) is 5.57. The first-order valence-corrected chi connectivity index (χ1v) is 11.3. The Morgan fingerprint density at radius 1 is 1.03 bits per heavy atom. The number of hydrogen-bond donors (Lipinski definition) is 2. The number of nitrogens with one attached hydrogen (secondary N) is 1. The number of nitrogens with two attached hydrogens (primary N) is 1. The summed E-state index contributed by atoms with van der Waals surface area (Å²) in [5, 5.41) is 3.86. The van der Waals surface area contributed by atoms with Crippen LogP contribution in [0.2, 0.25) is 0 Å². The van der Waals surface area contributed by atoms with E-state index in [2.05, 4.69) is 33.3 Å². The number of carbonyl (C=O) groups excluding carboxylic acids is 2. The number of furan rings is 1. The molecule has 7 nitrogen and oxygen atoms in total. The van der Waals surface area contributed by atoms with E-state index in [1.54, 1.807) is 6.07 Å². The van der Waals surface area contributed by atoms with Crippen molar-refractivity contribution < 1.29 is 14.0 Å². The molecular weight excluding hydrogens is 404 g/mol. The van der Waals surface area contributed by atoms with Crippen molar-refractivity contribution in [2.45, 2.75) is 25.7 Å². The van der Waals surface area contributed by atoms with Crippen molar-refractivity contribution in [1.29, 1.82) is 0 Å². The van der Waals surface area contributed by atoms with Crippen LogP contribution in [0.5, 0.6) is 0 Å². The van der Waals surface area contributed by atoms with Gasteiger partial charge in [-0.25, -0.2) is 0 Å². The summed E-state index contributed by atoms with van der Waals surface area (Å²) < 4.78 is 5.49. The molecule has 2 aliphatic heterocycles. The topological polar surface area (TPSA) is 91.8 Å². The van der Waals surface area contributed by atoms with Crippen molar-refractivity contribution in [3.05, 3.63) is 59.4 Å². The zero-order valence-corrected chi connectivity index (χ0v) is 18.1. The van der Waals surface area contributed by atoms with Gasteiger partial charge in [0.15, 0.2) is 5.76 Å². The summed E-state index contributed by atoms with van der Waals surface area (Å²) in [7, 11) is 0. The molecule has 3 aromatic rings. The average molecular weight is 433 g/mol. The van der Waals surface area contributed by atoms with Gasteiger partial charge in [0, 0.05) is 49.4 Å². The molecule has 1 saturated heterocycles. The van der Waals surface area contributed by atoms with E-state index in [0.29, 0.717) is 12.0 Å². The molecule has 0 atom stereocenters. The second-order valence-electron chi connectivity index (χ2n) is 8.67. The Bertz CT molecular complexity index is 1160. The lowest BCUT2D eigenvalue weighted by Gasteiger charge is -2.36. The standard InChI is InChI=1S/C25H28N4O3/c26-25(31)23-16-19-15-20(5-7-22(19)32-23)29-12-10-28(11-13-29)9-1-2-17-3-6-21-18(14-17)4-8-24(30)27-21/h3,5-7,14-16H,1-2,4,8-13H2,(H2,26,31)(H,27,30). The molecule has 0 aliphatic carbocycles. The fraction of sp³-hybridized carbons (Fsp3) is 0.360. The number of benzene rings is 2. The Hall–Kier alpha value is -3.32. The third-order valence-electron chi connectivity index (χ3n) is 6.49. The highest BCUT2D eigenvalue weighted by molar-refractivity contribution is 5.96. The van der Waals surface area contributed by atoms with E-state index in [1.807, 2.05) is 18.2 Å². The van der Waals surface area contributed by atoms with Gasteiger partial charge >= 0.3 is 0 Å². The number of aryl methyl sites for hydroxylation is 2. The first-order chi connectivity index (χ1) is 15.5. The van der Waals surface area contributed by atoms with Crippen LogP contribution in [-0.4, -0.2) is 49.4 Å². The highest BCUT2D eigenvalue weighted by Crippen LogP contribution is 2.26. The normalized spacial score (nSPS) is 16.8. The van der Waals surface area contributed by atoms with E-state index < -0.39 is 5.91 Å². The molecule has 0 spiro atoms. The first-order valence-electron chi connectivity index (χ1n) is 11.3. The number of hydrogen-bond acceptors (Lipinski definition) is 5. The average Bonchev–Trinajstić information content (AvgIpc) is 3.23. The number of anilines is 2. The third-order valence-corrected chi connectivity index (χ3v) is 6.49. The van der Waals surface area contributed by atoms with Crippen LogP contribution in [0.15, 0.2) is 46.9 Å². The molecule has 0 unspecified atom stereocenters. The maximum absolute atomic E-state index is 11.5. The summed E-state index contributed by atoms with van der Waals surface area (Å²) in [6.45, 7) is 5.11. The third kappa shape index (κ3) is 4.34. The summed E-state index contributed by atoms with van der Waals surface area (Å²) in [5.74, 6) is -0.228. The van der Waals surface area contributed by atoms with E-state index in [0.717, 1.165) is 68.7 Å². The predicted molar refractivity (Wildman–Crippen MR) is 125 cm³/mol. The zero-order chi connectivity index (χ0) is 22.1. The molecular formula is C25H28N4O3. The number of carbonyl (C=O) groups is 2. The lowest BCUT2D eigenvalue weighted by Crippen LogP contribution is -2.46. The van der Waals surface area contributed by atoms with Gasteiger partial charge in [0.05, 0.1) is 0 Å². The van der Waals surface area contributed by atoms with E-state index >= 15 is 0 Å². The van der Waals surface area contributed by atoms with Crippen LogP contribution in [0.4, 0.5) is 11.4 Å². The quantitative estimate of drug-likeness (QED) is 0.624. The number of primary amides is 1. The Labute approximate surface area is 187 Å². The van der Waals surface area contributed by atoms with Crippen molar-refractivity contribution >= 4 is 34.2 Å². The fourth-order valence-electron chi connectivity index (χ4n) is 4.68. The SMILES string of the molecule is NC(=O)c1cc2cc(N3CCN(CCCc4ccc5c(c4)CCC(=O)N5)CC3)ccc2o1. The Morgan fingerprint density at radius 3 is 2.69 bits per heavy atom. The highest BCUT2D eigenvalue weighted by Gasteiger charge is 2.19. The summed E-state index contributed by atoms with van der Waals surface area (Å²) in [6, 6.07) is 14.2. The smallest absolute Gasteiger partial charge is 0.284 e. The van der Waals surface area contributed by atoms with Gasteiger partial charge in [0.2, 0.25) is 5.91 Å². The molecule has 3 heterocycles. The lowest BCUT2D eigenvalue weighted by molar-refractivity contribution is -0.116. The largest absolute Gasteiger partial charge is 0.451 e. The Morgan fingerprint density at radius 2 is 1.88 bits per heavy atom. The summed E-state index contributed by atoms with van der Waals surface area (Å²) in [6.07, 6.45) is 3.61. The van der Waals surface area contributed by atoms with Gasteiger partial charge in [-0.1, -0.05) is 12.1 Å². The molecule has 2 aliphatic rings. The molecule has 0 radical (unpaired) electrons. The number of amides is 2. The second-order valence-corrected chi connectivity index (χ2v) is 8.67. The molecule has 1 fully saturated rings. The second kappa shape index (κ2) is 8.67. The van der Waals surface area contributed by atoms with Crippen LogP contribution >= 0.6 is 0 Å². The van der Waals surface area contributed by atoms with Crippen molar-refractivity contribution in [2.75, 3.05) is 42.9 Å². The van der Waals surface area contributed by atoms with Crippen LogP contribution in [0, 0.1) is 0 Å². The molecule has 2 amide bonds. The van der Waals surface area contributed by atoms with Gasteiger partial charge in [0.25, 0.3) is 5.91 Å². The van der Waals surface area contributed by atoms with Gasteiger partial charge in [-0.2, -0.15) is 0 Å². The minimum Gasteiger partial charge on any atom is -0.451 e. The number of fused-ring (bicyclic) bond motifs is 2. The zero-order valence-electron chi connectivity index (χ0n) is 18.1. The molecule has 32 heavy (non-hydrogen) atoms. The minimum atomic E-state index is -0.543. The van der Waals surface area contributed by atoms with E-state index in [1.165, 1.54) is 11.1 Å². The van der Waals surface area contributed by atoms with Gasteiger partial charge < -0.3 is 20.4 Å². The van der Waals surface area contributed by atoms with Crippen molar-refractivity contribution in [3.8, 4) is 0 Å². The van der Waals surface area contributed by atoms with Crippen LogP contribution in [-0.2, 0) is 17.6 Å². The number of piperazine rings is 1. The molecule has 2 aromatic carbocycles. The van der Waals surface area contributed by atoms with Crippen LogP contribution < -0.4 is 16.0 Å². The molecule has 7 heteroatoms. The van der Waals surface area contributed by atoms with Gasteiger partial charge in [-0.05, 0) is 67.3 Å². The monoisotopic (exact) mass is 432 g/mol. The molecule has 3 N–H and O–H groups in total. The van der Waals surface area contributed by atoms with Crippen LogP contribution in [0.3, 0.4) is 0 Å². The van der Waals surface area contributed by atoms with Gasteiger partial charge in [-0.15, -0.1) is 0 Å².